The first-order chi connectivity index (χ1) is 18.9. The molecule has 4 heterocycles. The normalized spacial score (nSPS) is 16.2. The molecule has 1 atom stereocenters. The SMILES string of the molecule is C=CC(=O)N1CC[C@H](NC(=O)c2sc3nccc4c3c2NC(=O)N4c2ccc(Oc3ccccc3)cc2C)C1. The lowest BCUT2D eigenvalue weighted by molar-refractivity contribution is -0.125. The molecule has 2 aliphatic rings. The monoisotopic (exact) mass is 539 g/mol. The van der Waals surface area contributed by atoms with E-state index in [1.807, 2.05) is 55.5 Å². The zero-order valence-electron chi connectivity index (χ0n) is 21.1. The Bertz CT molecular complexity index is 1630. The van der Waals surface area contributed by atoms with Crippen molar-refractivity contribution >= 4 is 56.5 Å². The van der Waals surface area contributed by atoms with E-state index < -0.39 is 0 Å². The molecular weight excluding hydrogens is 514 g/mol. The number of para-hydroxylation sites is 1. The number of pyridine rings is 1. The van der Waals surface area contributed by atoms with Crippen molar-refractivity contribution in [1.29, 1.82) is 0 Å². The lowest BCUT2D eigenvalue weighted by Crippen LogP contribution is -2.39. The highest BCUT2D eigenvalue weighted by atomic mass is 32.1. The molecule has 1 fully saturated rings. The summed E-state index contributed by atoms with van der Waals surface area (Å²) < 4.78 is 5.95. The number of amides is 4. The molecule has 10 heteroatoms. The van der Waals surface area contributed by atoms with Crippen LogP contribution in [0.5, 0.6) is 11.5 Å². The van der Waals surface area contributed by atoms with Gasteiger partial charge in [0.25, 0.3) is 5.91 Å². The van der Waals surface area contributed by atoms with Gasteiger partial charge in [-0.3, -0.25) is 14.5 Å². The Labute approximate surface area is 228 Å². The highest BCUT2D eigenvalue weighted by Gasteiger charge is 2.34. The van der Waals surface area contributed by atoms with Crippen LogP contribution < -0.4 is 20.3 Å². The van der Waals surface area contributed by atoms with Crippen LogP contribution in [0.1, 0.15) is 21.7 Å². The zero-order chi connectivity index (χ0) is 27.1. The van der Waals surface area contributed by atoms with Gasteiger partial charge >= 0.3 is 6.03 Å². The molecule has 0 radical (unpaired) electrons. The molecule has 4 aromatic rings. The number of nitrogens with zero attached hydrogens (tertiary/aromatic N) is 3. The fourth-order valence-corrected chi connectivity index (χ4v) is 6.03. The molecule has 0 aliphatic carbocycles. The van der Waals surface area contributed by atoms with Crippen LogP contribution in [-0.2, 0) is 4.79 Å². The Morgan fingerprint density at radius 3 is 2.74 bits per heavy atom. The summed E-state index contributed by atoms with van der Waals surface area (Å²) in [5.41, 5.74) is 2.65. The van der Waals surface area contributed by atoms with Crippen molar-refractivity contribution in [3.05, 3.63) is 83.9 Å². The molecule has 2 aromatic heterocycles. The highest BCUT2D eigenvalue weighted by Crippen LogP contribution is 2.46. The topological polar surface area (TPSA) is 104 Å². The van der Waals surface area contributed by atoms with Crippen molar-refractivity contribution in [2.45, 2.75) is 19.4 Å². The van der Waals surface area contributed by atoms with Gasteiger partial charge in [-0.1, -0.05) is 24.8 Å². The van der Waals surface area contributed by atoms with Crippen LogP contribution in [-0.4, -0.2) is 46.9 Å². The predicted molar refractivity (Wildman–Crippen MR) is 151 cm³/mol. The van der Waals surface area contributed by atoms with Gasteiger partial charge in [-0.2, -0.15) is 0 Å². The standard InChI is InChI=1S/C29H25N5O4S/c1-3-23(35)33-14-12-18(16-33)31-27(36)26-25-24-22(11-13-30-28(24)39-26)34(29(37)32-25)21-10-9-20(15-17(21)2)38-19-7-5-4-6-8-19/h3-11,13,15,18H,1,12,14,16H2,2H3,(H,31,36)(H,32,37)/t18-/m0/s1. The van der Waals surface area contributed by atoms with Crippen LogP contribution in [0.2, 0.25) is 0 Å². The van der Waals surface area contributed by atoms with Crippen molar-refractivity contribution in [3.8, 4) is 11.5 Å². The first kappa shape index (κ1) is 24.6. The number of aryl methyl sites for hydroxylation is 1. The second-order valence-electron chi connectivity index (χ2n) is 9.39. The first-order valence-corrected chi connectivity index (χ1v) is 13.3. The summed E-state index contributed by atoms with van der Waals surface area (Å²) in [5, 5.41) is 6.66. The quantitative estimate of drug-likeness (QED) is 0.311. The molecule has 0 saturated carbocycles. The Morgan fingerprint density at radius 2 is 1.97 bits per heavy atom. The van der Waals surface area contributed by atoms with Crippen molar-refractivity contribution in [2.75, 3.05) is 23.3 Å². The number of ether oxygens (including phenoxy) is 1. The van der Waals surface area contributed by atoms with Crippen LogP contribution in [0.4, 0.5) is 21.9 Å². The second-order valence-corrected chi connectivity index (χ2v) is 10.4. The molecule has 0 bridgehead atoms. The molecular formula is C29H25N5O4S. The van der Waals surface area contributed by atoms with E-state index in [4.69, 9.17) is 4.74 Å². The van der Waals surface area contributed by atoms with E-state index in [1.54, 1.807) is 22.1 Å². The van der Waals surface area contributed by atoms with Gasteiger partial charge in [-0.25, -0.2) is 9.78 Å². The summed E-state index contributed by atoms with van der Waals surface area (Å²) in [5.74, 6) is 0.932. The third-order valence-electron chi connectivity index (χ3n) is 6.85. The minimum atomic E-state index is -0.370. The largest absolute Gasteiger partial charge is 0.457 e. The number of nitrogens with one attached hydrogen (secondary N) is 2. The number of rotatable bonds is 6. The minimum absolute atomic E-state index is 0.153. The van der Waals surface area contributed by atoms with E-state index in [0.717, 1.165) is 11.3 Å². The first-order valence-electron chi connectivity index (χ1n) is 12.5. The van der Waals surface area contributed by atoms with Crippen LogP contribution in [0.3, 0.4) is 0 Å². The van der Waals surface area contributed by atoms with Crippen LogP contribution in [0, 0.1) is 6.92 Å². The summed E-state index contributed by atoms with van der Waals surface area (Å²) in [4.78, 5) is 47.5. The number of thiophene rings is 1. The average Bonchev–Trinajstić information content (AvgIpc) is 3.55. The number of hydrogen-bond donors (Lipinski definition) is 2. The van der Waals surface area contributed by atoms with E-state index in [0.29, 0.717) is 57.4 Å². The van der Waals surface area contributed by atoms with Gasteiger partial charge in [0, 0.05) is 25.3 Å². The lowest BCUT2D eigenvalue weighted by Gasteiger charge is -2.29. The molecule has 0 unspecified atom stereocenters. The number of urea groups is 1. The number of anilines is 3. The van der Waals surface area contributed by atoms with Crippen LogP contribution >= 0.6 is 11.3 Å². The number of aromatic nitrogens is 1. The maximum atomic E-state index is 13.5. The van der Waals surface area contributed by atoms with E-state index in [9.17, 15) is 14.4 Å². The van der Waals surface area contributed by atoms with Crippen molar-refractivity contribution < 1.29 is 19.1 Å². The molecule has 4 amide bonds. The van der Waals surface area contributed by atoms with Crippen molar-refractivity contribution in [3.63, 3.8) is 0 Å². The van der Waals surface area contributed by atoms with Gasteiger partial charge in [0.05, 0.1) is 22.4 Å². The number of hydrogen-bond acceptors (Lipinski definition) is 6. The third kappa shape index (κ3) is 4.48. The smallest absolute Gasteiger partial charge is 0.331 e. The maximum Gasteiger partial charge on any atom is 0.331 e. The third-order valence-corrected chi connectivity index (χ3v) is 7.95. The predicted octanol–water partition coefficient (Wildman–Crippen LogP) is 5.60. The van der Waals surface area contributed by atoms with Gasteiger partial charge in [0.15, 0.2) is 0 Å². The Balaban J connectivity index is 1.29. The van der Waals surface area contributed by atoms with Gasteiger partial charge < -0.3 is 20.3 Å². The van der Waals surface area contributed by atoms with Crippen molar-refractivity contribution in [2.24, 2.45) is 0 Å². The molecule has 9 nitrogen and oxygen atoms in total. The number of carbonyl (C=O) groups excluding carboxylic acids is 3. The minimum Gasteiger partial charge on any atom is -0.457 e. The number of benzene rings is 2. The molecule has 1 saturated heterocycles. The number of carbonyl (C=O) groups is 3. The fourth-order valence-electron chi connectivity index (χ4n) is 5.01. The molecule has 39 heavy (non-hydrogen) atoms. The Morgan fingerprint density at radius 1 is 1.15 bits per heavy atom. The molecule has 2 N–H and O–H groups in total. The Hall–Kier alpha value is -4.70. The zero-order valence-corrected chi connectivity index (χ0v) is 22.0. The van der Waals surface area contributed by atoms with Gasteiger partial charge in [0.1, 0.15) is 21.2 Å². The van der Waals surface area contributed by atoms with Crippen LogP contribution in [0.15, 0.2) is 73.4 Å². The summed E-state index contributed by atoms with van der Waals surface area (Å²) in [7, 11) is 0. The van der Waals surface area contributed by atoms with E-state index in [1.165, 1.54) is 17.4 Å². The van der Waals surface area contributed by atoms with Gasteiger partial charge in [-0.15, -0.1) is 11.3 Å². The summed E-state index contributed by atoms with van der Waals surface area (Å²) in [6.45, 7) is 6.42. The van der Waals surface area contributed by atoms with E-state index in [2.05, 4.69) is 22.2 Å². The molecule has 2 aromatic carbocycles. The molecule has 196 valence electrons. The van der Waals surface area contributed by atoms with Crippen LogP contribution in [0.25, 0.3) is 10.2 Å². The van der Waals surface area contributed by atoms with E-state index in [-0.39, 0.29) is 23.9 Å². The summed E-state index contributed by atoms with van der Waals surface area (Å²) >= 11 is 1.23. The fraction of sp³-hybridized carbons (Fsp3) is 0.172. The molecule has 2 aliphatic heterocycles. The summed E-state index contributed by atoms with van der Waals surface area (Å²) in [6, 6.07) is 16.3. The molecule has 6 rings (SSSR count). The number of likely N-dealkylation sites (tertiary alicyclic amines) is 1. The van der Waals surface area contributed by atoms with Gasteiger partial charge in [-0.05, 0) is 61.4 Å². The summed E-state index contributed by atoms with van der Waals surface area (Å²) in [6.07, 6.45) is 3.57. The average molecular weight is 540 g/mol. The Kier molecular flexibility index (Phi) is 6.24. The van der Waals surface area contributed by atoms with E-state index >= 15 is 0 Å². The highest BCUT2D eigenvalue weighted by molar-refractivity contribution is 7.21. The maximum absolute atomic E-state index is 13.5. The van der Waals surface area contributed by atoms with Crippen molar-refractivity contribution in [1.82, 2.24) is 15.2 Å². The molecule has 0 spiro atoms. The lowest BCUT2D eigenvalue weighted by atomic mass is 10.1. The van der Waals surface area contributed by atoms with Gasteiger partial charge in [0.2, 0.25) is 5.91 Å². The second kappa shape index (κ2) is 9.88.